The summed E-state index contributed by atoms with van der Waals surface area (Å²) in [6, 6.07) is 1.75. The molecule has 0 saturated heterocycles. The van der Waals surface area contributed by atoms with E-state index in [4.69, 9.17) is 5.26 Å². The fourth-order valence-corrected chi connectivity index (χ4v) is 1.49. The van der Waals surface area contributed by atoms with Gasteiger partial charge in [-0.05, 0) is 23.4 Å². The Morgan fingerprint density at radius 1 is 1.58 bits per heavy atom. The lowest BCUT2D eigenvalue weighted by molar-refractivity contribution is 0.203. The predicted molar refractivity (Wildman–Crippen MR) is 42.2 cm³/mol. The number of halogens is 3. The second-order valence-electron chi connectivity index (χ2n) is 1.89. The van der Waals surface area contributed by atoms with Crippen molar-refractivity contribution < 1.29 is 8.78 Å². The summed E-state index contributed by atoms with van der Waals surface area (Å²) in [4.78, 5) is 2.69. The molecule has 0 fully saturated rings. The first-order valence-corrected chi connectivity index (χ1v) is 4.05. The Morgan fingerprint density at radius 3 is 2.75 bits per heavy atom. The third-order valence-electron chi connectivity index (χ3n) is 1.05. The topological polar surface area (TPSA) is 39.6 Å². The van der Waals surface area contributed by atoms with Gasteiger partial charge in [0.15, 0.2) is 0 Å². The number of rotatable bonds is 2. The number of H-pyrrole nitrogens is 1. The van der Waals surface area contributed by atoms with Gasteiger partial charge in [-0.1, -0.05) is 0 Å². The van der Waals surface area contributed by atoms with E-state index in [1.807, 2.05) is 0 Å². The maximum Gasteiger partial charge on any atom is 0.375 e. The minimum Gasteiger partial charge on any atom is -0.365 e. The van der Waals surface area contributed by atoms with Gasteiger partial charge < -0.3 is 4.98 Å². The molecule has 0 aromatic carbocycles. The first-order valence-electron chi connectivity index (χ1n) is 2.85. The van der Waals surface area contributed by atoms with Crippen molar-refractivity contribution in [3.63, 3.8) is 0 Å². The highest BCUT2D eigenvalue weighted by atomic mass is 35.5. The molecule has 0 amide bonds. The van der Waals surface area contributed by atoms with E-state index in [9.17, 15) is 8.78 Å². The average Bonchev–Trinajstić information content (AvgIpc) is 2.31. The van der Waals surface area contributed by atoms with Gasteiger partial charge in [-0.3, -0.25) is 0 Å². The van der Waals surface area contributed by atoms with E-state index in [2.05, 4.69) is 16.6 Å². The zero-order chi connectivity index (χ0) is 9.19. The molecule has 0 saturated carbocycles. The lowest BCUT2D eigenvalue weighted by Gasteiger charge is -2.04. The van der Waals surface area contributed by atoms with E-state index in [1.54, 1.807) is 6.07 Å². The lowest BCUT2D eigenvalue weighted by atomic mass is 10.4. The first-order chi connectivity index (χ1) is 5.53. The molecule has 6 heteroatoms. The van der Waals surface area contributed by atoms with E-state index in [0.717, 1.165) is 0 Å². The standard InChI is InChI=1S/C6H3ClF2N2S/c7-6(8,9)12-5-3-11-2-4(5)1-10/h2-3,11H. The van der Waals surface area contributed by atoms with Crippen molar-refractivity contribution in [2.45, 2.75) is 9.61 Å². The lowest BCUT2D eigenvalue weighted by Crippen LogP contribution is -1.96. The molecular weight excluding hydrogens is 206 g/mol. The molecular formula is C6H3ClF2N2S. The van der Waals surface area contributed by atoms with Crippen LogP contribution < -0.4 is 0 Å². The average molecular weight is 209 g/mol. The smallest absolute Gasteiger partial charge is 0.365 e. The third-order valence-corrected chi connectivity index (χ3v) is 2.07. The Labute approximate surface area is 76.5 Å². The van der Waals surface area contributed by atoms with Crippen LogP contribution in [0.3, 0.4) is 0 Å². The summed E-state index contributed by atoms with van der Waals surface area (Å²) in [6.07, 6.45) is 2.64. The Kier molecular flexibility index (Phi) is 2.60. The third kappa shape index (κ3) is 2.40. The maximum atomic E-state index is 12.2. The molecule has 2 nitrogen and oxygen atoms in total. The number of hydrogen-bond donors (Lipinski definition) is 1. The van der Waals surface area contributed by atoms with E-state index < -0.39 is 4.71 Å². The van der Waals surface area contributed by atoms with Gasteiger partial charge in [0.1, 0.15) is 6.07 Å². The molecule has 64 valence electrons. The summed E-state index contributed by atoms with van der Waals surface area (Å²) in [5.74, 6) is 0. The molecule has 0 spiro atoms. The monoisotopic (exact) mass is 208 g/mol. The molecule has 1 aromatic heterocycles. The highest BCUT2D eigenvalue weighted by Crippen LogP contribution is 2.40. The van der Waals surface area contributed by atoms with Crippen LogP contribution in [0.2, 0.25) is 0 Å². The van der Waals surface area contributed by atoms with Crippen molar-refractivity contribution in [2.75, 3.05) is 0 Å². The van der Waals surface area contributed by atoms with Crippen LogP contribution in [0, 0.1) is 11.3 Å². The molecule has 1 heterocycles. The van der Waals surface area contributed by atoms with Crippen molar-refractivity contribution >= 4 is 23.4 Å². The molecule has 1 N–H and O–H groups in total. The second-order valence-corrected chi connectivity index (χ2v) is 3.75. The minimum absolute atomic E-state index is 0.137. The van der Waals surface area contributed by atoms with Gasteiger partial charge in [-0.25, -0.2) is 0 Å². The SMILES string of the molecule is N#Cc1c[nH]cc1SC(F)(F)Cl. The van der Waals surface area contributed by atoms with Gasteiger partial charge in [-0.2, -0.15) is 14.0 Å². The van der Waals surface area contributed by atoms with Crippen molar-refractivity contribution in [3.05, 3.63) is 18.0 Å². The minimum atomic E-state index is -3.37. The number of aromatic nitrogens is 1. The van der Waals surface area contributed by atoms with Gasteiger partial charge in [0.25, 0.3) is 0 Å². The molecule has 12 heavy (non-hydrogen) atoms. The number of nitriles is 1. The maximum absolute atomic E-state index is 12.2. The Morgan fingerprint density at radius 2 is 2.25 bits per heavy atom. The predicted octanol–water partition coefficient (Wildman–Crippen LogP) is 2.77. The Balaban J connectivity index is 2.84. The van der Waals surface area contributed by atoms with Crippen LogP contribution in [-0.4, -0.2) is 9.70 Å². The number of aromatic amines is 1. The van der Waals surface area contributed by atoms with Gasteiger partial charge in [-0.15, -0.1) is 0 Å². The highest BCUT2D eigenvalue weighted by Gasteiger charge is 2.27. The summed E-state index contributed by atoms with van der Waals surface area (Å²) in [5.41, 5.74) is 0.167. The van der Waals surface area contributed by atoms with Crippen LogP contribution in [0.1, 0.15) is 5.56 Å². The quantitative estimate of drug-likeness (QED) is 0.600. The fourth-order valence-electron chi connectivity index (χ4n) is 0.646. The summed E-state index contributed by atoms with van der Waals surface area (Å²) >= 11 is 4.80. The molecule has 1 aromatic rings. The van der Waals surface area contributed by atoms with Gasteiger partial charge in [0.2, 0.25) is 0 Å². The van der Waals surface area contributed by atoms with Crippen molar-refractivity contribution in [3.8, 4) is 6.07 Å². The van der Waals surface area contributed by atoms with Crippen molar-refractivity contribution in [2.24, 2.45) is 0 Å². The summed E-state index contributed by atoms with van der Waals surface area (Å²) < 4.78 is 21.0. The number of hydrogen-bond acceptors (Lipinski definition) is 2. The van der Waals surface area contributed by atoms with Gasteiger partial charge >= 0.3 is 4.71 Å². The molecule has 0 bridgehead atoms. The van der Waals surface area contributed by atoms with Crippen molar-refractivity contribution in [1.82, 2.24) is 4.98 Å². The second kappa shape index (κ2) is 3.33. The van der Waals surface area contributed by atoms with Crippen molar-refractivity contribution in [1.29, 1.82) is 5.26 Å². The molecule has 0 aliphatic carbocycles. The first kappa shape index (κ1) is 9.36. The fraction of sp³-hybridized carbons (Fsp3) is 0.167. The number of nitrogens with zero attached hydrogens (tertiary/aromatic N) is 1. The van der Waals surface area contributed by atoms with Crippen LogP contribution in [-0.2, 0) is 0 Å². The van der Waals surface area contributed by atoms with E-state index in [-0.39, 0.29) is 22.2 Å². The Hall–Kier alpha value is -0.730. The number of thioether (sulfide) groups is 1. The molecule has 0 aliphatic rings. The molecule has 1 rings (SSSR count). The van der Waals surface area contributed by atoms with Gasteiger partial charge in [0, 0.05) is 17.3 Å². The highest BCUT2D eigenvalue weighted by molar-refractivity contribution is 8.01. The van der Waals surface area contributed by atoms with E-state index in [0.29, 0.717) is 0 Å². The summed E-state index contributed by atoms with van der Waals surface area (Å²) in [7, 11) is 0. The van der Waals surface area contributed by atoms with Crippen LogP contribution in [0.15, 0.2) is 17.3 Å². The van der Waals surface area contributed by atoms with E-state index >= 15 is 0 Å². The number of nitrogens with one attached hydrogen (secondary N) is 1. The largest absolute Gasteiger partial charge is 0.375 e. The van der Waals surface area contributed by atoms with Crippen LogP contribution >= 0.6 is 23.4 Å². The molecule has 0 unspecified atom stereocenters. The van der Waals surface area contributed by atoms with Crippen LogP contribution in [0.25, 0.3) is 0 Å². The van der Waals surface area contributed by atoms with Crippen LogP contribution in [0.5, 0.6) is 0 Å². The van der Waals surface area contributed by atoms with Crippen LogP contribution in [0.4, 0.5) is 8.78 Å². The molecule has 0 radical (unpaired) electrons. The molecule has 0 aliphatic heterocycles. The Bertz CT molecular complexity index is 312. The molecule has 0 atom stereocenters. The summed E-state index contributed by atoms with van der Waals surface area (Å²) in [5, 5.41) is 8.43. The number of alkyl halides is 3. The summed E-state index contributed by atoms with van der Waals surface area (Å²) in [6.45, 7) is 0. The normalized spacial score (nSPS) is 11.2. The zero-order valence-corrected chi connectivity index (χ0v) is 7.22. The van der Waals surface area contributed by atoms with Gasteiger partial charge in [0.05, 0.1) is 5.56 Å². The zero-order valence-electron chi connectivity index (χ0n) is 5.64. The van der Waals surface area contributed by atoms with E-state index in [1.165, 1.54) is 12.4 Å².